The van der Waals surface area contributed by atoms with Crippen LogP contribution in [0.15, 0.2) is 18.2 Å². The molecule has 2 rings (SSSR count). The Kier molecular flexibility index (Phi) is 3.97. The van der Waals surface area contributed by atoms with Gasteiger partial charge in [0.1, 0.15) is 11.8 Å². The highest BCUT2D eigenvalue weighted by atomic mass is 16.6. The Hall–Kier alpha value is -2.44. The zero-order chi connectivity index (χ0) is 14.7. The Bertz CT molecular complexity index is 558. The van der Waals surface area contributed by atoms with Gasteiger partial charge in [-0.05, 0) is 25.0 Å². The van der Waals surface area contributed by atoms with Gasteiger partial charge in [-0.25, -0.2) is 0 Å². The summed E-state index contributed by atoms with van der Waals surface area (Å²) in [6, 6.07) is 3.82. The van der Waals surface area contributed by atoms with Crippen molar-refractivity contribution in [3.63, 3.8) is 0 Å². The Balaban J connectivity index is 2.44. The predicted octanol–water partition coefficient (Wildman–Crippen LogP) is 1.41. The van der Waals surface area contributed by atoms with Gasteiger partial charge in [-0.2, -0.15) is 0 Å². The van der Waals surface area contributed by atoms with E-state index in [1.807, 2.05) is 0 Å². The molecule has 0 N–H and O–H groups in total. The van der Waals surface area contributed by atoms with E-state index in [9.17, 15) is 19.7 Å². The lowest BCUT2D eigenvalue weighted by molar-refractivity contribution is -0.386. The molecule has 1 aromatic rings. The molecule has 0 bridgehead atoms. The summed E-state index contributed by atoms with van der Waals surface area (Å²) in [7, 11) is 1.31. The second-order valence-corrected chi connectivity index (χ2v) is 4.46. The van der Waals surface area contributed by atoms with E-state index in [-0.39, 0.29) is 17.0 Å². The van der Waals surface area contributed by atoms with Crippen molar-refractivity contribution in [3.05, 3.63) is 33.9 Å². The number of amides is 1. The molecule has 1 saturated heterocycles. The van der Waals surface area contributed by atoms with E-state index < -0.39 is 16.9 Å². The van der Waals surface area contributed by atoms with E-state index in [0.717, 1.165) is 0 Å². The van der Waals surface area contributed by atoms with Crippen LogP contribution in [0.3, 0.4) is 0 Å². The van der Waals surface area contributed by atoms with E-state index in [2.05, 4.69) is 0 Å². The summed E-state index contributed by atoms with van der Waals surface area (Å²) in [5.41, 5.74) is -0.417. The predicted molar refractivity (Wildman–Crippen MR) is 69.8 cm³/mol. The molecule has 1 heterocycles. The number of hydrogen-bond donors (Lipinski definition) is 0. The lowest BCUT2D eigenvalue weighted by Crippen LogP contribution is -2.36. The van der Waals surface area contributed by atoms with E-state index in [1.54, 1.807) is 0 Å². The van der Waals surface area contributed by atoms with Crippen LogP contribution in [0.4, 0.5) is 5.69 Å². The fourth-order valence-corrected chi connectivity index (χ4v) is 2.39. The zero-order valence-corrected chi connectivity index (χ0v) is 10.9. The van der Waals surface area contributed by atoms with Crippen LogP contribution < -0.4 is 4.74 Å². The number of methoxy groups -OCH3 is 1. The monoisotopic (exact) mass is 278 g/mol. The molecule has 1 fully saturated rings. The van der Waals surface area contributed by atoms with E-state index in [4.69, 9.17) is 4.74 Å². The summed E-state index contributed by atoms with van der Waals surface area (Å²) in [6.45, 7) is 0.427. The molecule has 0 saturated carbocycles. The SMILES string of the molecule is COc1cccc(C(=O)N2CCCC2C=O)c1[N+](=O)[O-]. The minimum atomic E-state index is -0.641. The molecular weight excluding hydrogens is 264 g/mol. The van der Waals surface area contributed by atoms with Crippen LogP contribution in [0, 0.1) is 10.1 Å². The molecule has 1 aliphatic heterocycles. The molecule has 20 heavy (non-hydrogen) atoms. The minimum Gasteiger partial charge on any atom is -0.490 e. The van der Waals surface area contributed by atoms with Gasteiger partial charge >= 0.3 is 5.69 Å². The standard InChI is InChI=1S/C13H14N2O5/c1-20-11-6-2-5-10(12(11)15(18)19)13(17)14-7-3-4-9(14)8-16/h2,5-6,8-9H,3-4,7H2,1H3. The number of hydrogen-bond acceptors (Lipinski definition) is 5. The number of aldehydes is 1. The Labute approximate surface area is 115 Å². The molecule has 0 radical (unpaired) electrons. The van der Waals surface area contributed by atoms with Crippen molar-refractivity contribution in [1.82, 2.24) is 4.90 Å². The van der Waals surface area contributed by atoms with Crippen molar-refractivity contribution in [1.29, 1.82) is 0 Å². The highest BCUT2D eigenvalue weighted by Gasteiger charge is 2.34. The van der Waals surface area contributed by atoms with Gasteiger partial charge in [-0.3, -0.25) is 14.9 Å². The lowest BCUT2D eigenvalue weighted by Gasteiger charge is -2.20. The number of ether oxygens (including phenoxy) is 1. The van der Waals surface area contributed by atoms with Crippen LogP contribution in [-0.2, 0) is 4.79 Å². The van der Waals surface area contributed by atoms with E-state index in [0.29, 0.717) is 25.7 Å². The van der Waals surface area contributed by atoms with Gasteiger partial charge in [-0.15, -0.1) is 0 Å². The molecule has 106 valence electrons. The van der Waals surface area contributed by atoms with Crippen molar-refractivity contribution in [2.45, 2.75) is 18.9 Å². The molecule has 1 amide bonds. The molecule has 0 spiro atoms. The average Bonchev–Trinajstić information content (AvgIpc) is 2.93. The number of nitrogens with zero attached hydrogens (tertiary/aromatic N) is 2. The number of carbonyl (C=O) groups excluding carboxylic acids is 2. The van der Waals surface area contributed by atoms with Crippen LogP contribution >= 0.6 is 0 Å². The highest BCUT2D eigenvalue weighted by Crippen LogP contribution is 2.32. The number of para-hydroxylation sites is 1. The fourth-order valence-electron chi connectivity index (χ4n) is 2.39. The third kappa shape index (κ3) is 2.34. The highest BCUT2D eigenvalue weighted by molar-refractivity contribution is 6.00. The Morgan fingerprint density at radius 1 is 1.55 bits per heavy atom. The van der Waals surface area contributed by atoms with Gasteiger partial charge < -0.3 is 14.4 Å². The summed E-state index contributed by atoms with van der Waals surface area (Å²) in [5.74, 6) is -0.479. The largest absolute Gasteiger partial charge is 0.490 e. The molecule has 1 aromatic carbocycles. The number of nitro benzene ring substituents is 1. The van der Waals surface area contributed by atoms with Crippen molar-refractivity contribution in [3.8, 4) is 5.75 Å². The van der Waals surface area contributed by atoms with Gasteiger partial charge in [0.25, 0.3) is 5.91 Å². The molecule has 7 nitrogen and oxygen atoms in total. The first-order valence-corrected chi connectivity index (χ1v) is 6.17. The topological polar surface area (TPSA) is 89.8 Å². The third-order valence-corrected chi connectivity index (χ3v) is 3.35. The average molecular weight is 278 g/mol. The maximum Gasteiger partial charge on any atom is 0.323 e. The molecule has 7 heteroatoms. The van der Waals surface area contributed by atoms with Crippen molar-refractivity contribution < 1.29 is 19.2 Å². The quantitative estimate of drug-likeness (QED) is 0.472. The minimum absolute atomic E-state index is 0.0303. The van der Waals surface area contributed by atoms with Crippen LogP contribution in [0.25, 0.3) is 0 Å². The number of nitro groups is 1. The van der Waals surface area contributed by atoms with Crippen molar-refractivity contribution in [2.24, 2.45) is 0 Å². The number of carbonyl (C=O) groups is 2. The molecule has 1 aliphatic rings. The third-order valence-electron chi connectivity index (χ3n) is 3.35. The second kappa shape index (κ2) is 5.68. The fraction of sp³-hybridized carbons (Fsp3) is 0.385. The summed E-state index contributed by atoms with van der Waals surface area (Å²) >= 11 is 0. The van der Waals surface area contributed by atoms with Gasteiger partial charge in [0, 0.05) is 6.54 Å². The Morgan fingerprint density at radius 2 is 2.30 bits per heavy atom. The number of likely N-dealkylation sites (tertiary alicyclic amines) is 1. The second-order valence-electron chi connectivity index (χ2n) is 4.46. The molecule has 1 unspecified atom stereocenters. The van der Waals surface area contributed by atoms with Gasteiger partial charge in [0.2, 0.25) is 0 Å². The zero-order valence-electron chi connectivity index (χ0n) is 10.9. The van der Waals surface area contributed by atoms with Gasteiger partial charge in [0.05, 0.1) is 18.1 Å². The number of benzene rings is 1. The van der Waals surface area contributed by atoms with Crippen LogP contribution in [0.2, 0.25) is 0 Å². The van der Waals surface area contributed by atoms with Crippen LogP contribution in [-0.4, -0.2) is 41.7 Å². The first-order valence-electron chi connectivity index (χ1n) is 6.17. The normalized spacial score (nSPS) is 17.9. The van der Waals surface area contributed by atoms with Crippen LogP contribution in [0.5, 0.6) is 5.75 Å². The summed E-state index contributed by atoms with van der Waals surface area (Å²) in [4.78, 5) is 35.2. The first kappa shape index (κ1) is 14.0. The van der Waals surface area contributed by atoms with Crippen molar-refractivity contribution >= 4 is 17.9 Å². The van der Waals surface area contributed by atoms with E-state index in [1.165, 1.54) is 30.2 Å². The Morgan fingerprint density at radius 3 is 2.90 bits per heavy atom. The summed E-state index contributed by atoms with van der Waals surface area (Å²) in [5, 5.41) is 11.2. The van der Waals surface area contributed by atoms with Crippen molar-refractivity contribution in [2.75, 3.05) is 13.7 Å². The number of rotatable bonds is 4. The molecule has 0 aliphatic carbocycles. The van der Waals surface area contributed by atoms with Gasteiger partial charge in [-0.1, -0.05) is 6.07 Å². The molecular formula is C13H14N2O5. The first-order chi connectivity index (χ1) is 9.60. The maximum atomic E-state index is 12.4. The van der Waals surface area contributed by atoms with Crippen LogP contribution in [0.1, 0.15) is 23.2 Å². The van der Waals surface area contributed by atoms with Gasteiger partial charge in [0.15, 0.2) is 5.75 Å². The molecule has 1 atom stereocenters. The summed E-state index contributed by atoms with van der Waals surface area (Å²) in [6.07, 6.45) is 2.01. The lowest BCUT2D eigenvalue weighted by atomic mass is 10.1. The smallest absolute Gasteiger partial charge is 0.323 e. The molecule has 0 aromatic heterocycles. The van der Waals surface area contributed by atoms with E-state index >= 15 is 0 Å². The summed E-state index contributed by atoms with van der Waals surface area (Å²) < 4.78 is 4.93. The maximum absolute atomic E-state index is 12.4.